The smallest absolute Gasteiger partial charge is 0.341 e. The molecule has 1 aromatic rings. The van der Waals surface area contributed by atoms with Gasteiger partial charge in [0, 0.05) is 6.20 Å². The second-order valence-electron chi connectivity index (χ2n) is 2.19. The van der Waals surface area contributed by atoms with E-state index >= 15 is 0 Å². The molecule has 0 unspecified atom stereocenters. The van der Waals surface area contributed by atoms with Gasteiger partial charge in [0.15, 0.2) is 12.4 Å². The number of carboxylic acid groups (broad SMARTS) is 1. The molecule has 0 amide bonds. The zero-order valence-corrected chi connectivity index (χ0v) is 8.28. The van der Waals surface area contributed by atoms with Gasteiger partial charge in [-0.2, -0.15) is 0 Å². The van der Waals surface area contributed by atoms with Crippen LogP contribution in [0.1, 0.15) is 0 Å². The number of pyridine rings is 1. The van der Waals surface area contributed by atoms with Gasteiger partial charge in [0.1, 0.15) is 0 Å². The van der Waals surface area contributed by atoms with E-state index < -0.39 is 12.6 Å². The SMILES string of the molecule is COc1cccnc1OCC(=O)O.Cl. The first-order chi connectivity index (χ1) is 6.24. The van der Waals surface area contributed by atoms with Crippen LogP contribution in [0.2, 0.25) is 0 Å². The Bertz CT molecular complexity index is 305. The Morgan fingerprint density at radius 2 is 2.36 bits per heavy atom. The Labute approximate surface area is 87.1 Å². The van der Waals surface area contributed by atoms with Gasteiger partial charge in [-0.1, -0.05) is 0 Å². The van der Waals surface area contributed by atoms with Crippen LogP contribution in [-0.4, -0.2) is 29.8 Å². The quantitative estimate of drug-likeness (QED) is 0.818. The van der Waals surface area contributed by atoms with Gasteiger partial charge in [0.25, 0.3) is 5.88 Å². The summed E-state index contributed by atoms with van der Waals surface area (Å²) in [5.41, 5.74) is 0. The van der Waals surface area contributed by atoms with E-state index in [4.69, 9.17) is 14.6 Å². The molecule has 6 heteroatoms. The number of hydrogen-bond acceptors (Lipinski definition) is 4. The standard InChI is InChI=1S/C8H9NO4.ClH/c1-12-6-3-2-4-9-8(6)13-5-7(10)11;/h2-4H,5H2,1H3,(H,10,11);1H. The van der Waals surface area contributed by atoms with Crippen molar-refractivity contribution < 1.29 is 19.4 Å². The monoisotopic (exact) mass is 219 g/mol. The molecular weight excluding hydrogens is 210 g/mol. The fraction of sp³-hybridized carbons (Fsp3) is 0.250. The second kappa shape index (κ2) is 6.04. The maximum Gasteiger partial charge on any atom is 0.341 e. The van der Waals surface area contributed by atoms with Gasteiger partial charge >= 0.3 is 5.97 Å². The number of carbonyl (C=O) groups is 1. The number of rotatable bonds is 4. The predicted octanol–water partition coefficient (Wildman–Crippen LogP) is 0.975. The van der Waals surface area contributed by atoms with Crippen molar-refractivity contribution in [3.63, 3.8) is 0 Å². The van der Waals surface area contributed by atoms with Gasteiger partial charge in [-0.3, -0.25) is 0 Å². The number of ether oxygens (including phenoxy) is 2. The average Bonchev–Trinajstić information content (AvgIpc) is 2.15. The van der Waals surface area contributed by atoms with Crippen LogP contribution in [0, 0.1) is 0 Å². The number of halogens is 1. The van der Waals surface area contributed by atoms with Gasteiger partial charge in [0.05, 0.1) is 7.11 Å². The molecule has 14 heavy (non-hydrogen) atoms. The molecule has 1 aromatic heterocycles. The van der Waals surface area contributed by atoms with E-state index in [2.05, 4.69) is 4.98 Å². The first kappa shape index (κ1) is 12.5. The van der Waals surface area contributed by atoms with Crippen LogP contribution in [0.4, 0.5) is 0 Å². The predicted molar refractivity (Wildman–Crippen MR) is 51.2 cm³/mol. The van der Waals surface area contributed by atoms with Crippen molar-refractivity contribution >= 4 is 18.4 Å². The Kier molecular flexibility index (Phi) is 5.40. The molecule has 0 atom stereocenters. The highest BCUT2D eigenvalue weighted by atomic mass is 35.5. The lowest BCUT2D eigenvalue weighted by atomic mass is 10.4. The molecule has 1 rings (SSSR count). The molecular formula is C8H10ClNO4. The Morgan fingerprint density at radius 3 is 2.93 bits per heavy atom. The third-order valence-corrected chi connectivity index (χ3v) is 1.29. The van der Waals surface area contributed by atoms with E-state index in [1.165, 1.54) is 13.3 Å². The van der Waals surface area contributed by atoms with Gasteiger partial charge in [0.2, 0.25) is 0 Å². The fourth-order valence-electron chi connectivity index (χ4n) is 0.770. The van der Waals surface area contributed by atoms with Crippen LogP contribution < -0.4 is 9.47 Å². The van der Waals surface area contributed by atoms with E-state index in [-0.39, 0.29) is 18.3 Å². The highest BCUT2D eigenvalue weighted by molar-refractivity contribution is 5.85. The molecule has 78 valence electrons. The molecule has 0 aliphatic heterocycles. The lowest BCUT2D eigenvalue weighted by Crippen LogP contribution is -2.10. The number of hydrogen-bond donors (Lipinski definition) is 1. The fourth-order valence-corrected chi connectivity index (χ4v) is 0.770. The van der Waals surface area contributed by atoms with Crippen molar-refractivity contribution in [2.45, 2.75) is 0 Å². The van der Waals surface area contributed by atoms with Crippen LogP contribution in [0.25, 0.3) is 0 Å². The van der Waals surface area contributed by atoms with Crippen molar-refractivity contribution in [1.82, 2.24) is 4.98 Å². The van der Waals surface area contributed by atoms with E-state index in [0.717, 1.165) is 0 Å². The van der Waals surface area contributed by atoms with Crippen LogP contribution in [0.15, 0.2) is 18.3 Å². The summed E-state index contributed by atoms with van der Waals surface area (Å²) in [6, 6.07) is 3.32. The number of aliphatic carboxylic acids is 1. The molecule has 0 saturated carbocycles. The van der Waals surface area contributed by atoms with E-state index in [9.17, 15) is 4.79 Å². The van der Waals surface area contributed by atoms with Crippen LogP contribution in [-0.2, 0) is 4.79 Å². The van der Waals surface area contributed by atoms with Gasteiger partial charge in [-0.25, -0.2) is 9.78 Å². The van der Waals surface area contributed by atoms with E-state index in [0.29, 0.717) is 5.75 Å². The second-order valence-corrected chi connectivity index (χ2v) is 2.19. The summed E-state index contributed by atoms with van der Waals surface area (Å²) in [4.78, 5) is 14.0. The molecule has 1 heterocycles. The highest BCUT2D eigenvalue weighted by Gasteiger charge is 2.05. The first-order valence-electron chi connectivity index (χ1n) is 3.57. The summed E-state index contributed by atoms with van der Waals surface area (Å²) in [6.45, 7) is -0.423. The summed E-state index contributed by atoms with van der Waals surface area (Å²) in [7, 11) is 1.46. The third-order valence-electron chi connectivity index (χ3n) is 1.29. The normalized spacial score (nSPS) is 8.64. The molecule has 0 spiro atoms. The average molecular weight is 220 g/mol. The molecule has 0 fully saturated rings. The van der Waals surface area contributed by atoms with Crippen molar-refractivity contribution in [2.75, 3.05) is 13.7 Å². The molecule has 5 nitrogen and oxygen atoms in total. The summed E-state index contributed by atoms with van der Waals surface area (Å²) in [5.74, 6) is -0.441. The summed E-state index contributed by atoms with van der Waals surface area (Å²) >= 11 is 0. The number of nitrogens with zero attached hydrogens (tertiary/aromatic N) is 1. The maximum absolute atomic E-state index is 10.2. The Balaban J connectivity index is 0.00000169. The molecule has 0 aliphatic carbocycles. The summed E-state index contributed by atoms with van der Waals surface area (Å²) < 4.78 is 9.75. The lowest BCUT2D eigenvalue weighted by Gasteiger charge is -2.06. The zero-order chi connectivity index (χ0) is 9.68. The minimum absolute atomic E-state index is 0. The van der Waals surface area contributed by atoms with Crippen LogP contribution in [0.5, 0.6) is 11.6 Å². The highest BCUT2D eigenvalue weighted by Crippen LogP contribution is 2.22. The third kappa shape index (κ3) is 3.49. The lowest BCUT2D eigenvalue weighted by molar-refractivity contribution is -0.139. The van der Waals surface area contributed by atoms with Crippen molar-refractivity contribution in [2.24, 2.45) is 0 Å². The minimum atomic E-state index is -1.05. The molecule has 0 aliphatic rings. The summed E-state index contributed by atoms with van der Waals surface area (Å²) in [6.07, 6.45) is 1.50. The minimum Gasteiger partial charge on any atom is -0.491 e. The van der Waals surface area contributed by atoms with E-state index in [1.54, 1.807) is 12.1 Å². The topological polar surface area (TPSA) is 68.7 Å². The van der Waals surface area contributed by atoms with Crippen LogP contribution in [0.3, 0.4) is 0 Å². The molecule has 0 bridgehead atoms. The number of carboxylic acids is 1. The molecule has 1 N–H and O–H groups in total. The molecule has 0 radical (unpaired) electrons. The van der Waals surface area contributed by atoms with Crippen molar-refractivity contribution in [3.8, 4) is 11.6 Å². The zero-order valence-electron chi connectivity index (χ0n) is 7.47. The molecule has 0 saturated heterocycles. The van der Waals surface area contributed by atoms with Gasteiger partial charge < -0.3 is 14.6 Å². The van der Waals surface area contributed by atoms with Gasteiger partial charge in [-0.05, 0) is 12.1 Å². The van der Waals surface area contributed by atoms with Crippen molar-refractivity contribution in [3.05, 3.63) is 18.3 Å². The number of aromatic nitrogens is 1. The van der Waals surface area contributed by atoms with E-state index in [1.807, 2.05) is 0 Å². The van der Waals surface area contributed by atoms with Crippen LogP contribution >= 0.6 is 12.4 Å². The van der Waals surface area contributed by atoms with Crippen molar-refractivity contribution in [1.29, 1.82) is 0 Å². The Hall–Kier alpha value is -1.49. The largest absolute Gasteiger partial charge is 0.491 e. The molecule has 0 aromatic carbocycles. The maximum atomic E-state index is 10.2. The first-order valence-corrected chi connectivity index (χ1v) is 3.57. The number of methoxy groups -OCH3 is 1. The summed E-state index contributed by atoms with van der Waals surface area (Å²) in [5, 5.41) is 8.34. The Morgan fingerprint density at radius 1 is 1.64 bits per heavy atom. The van der Waals surface area contributed by atoms with Gasteiger partial charge in [-0.15, -0.1) is 12.4 Å².